The van der Waals surface area contributed by atoms with E-state index in [2.05, 4.69) is 21.2 Å². The van der Waals surface area contributed by atoms with Crippen LogP contribution in [0.3, 0.4) is 0 Å². The molecule has 0 aromatic heterocycles. The third-order valence-electron chi connectivity index (χ3n) is 3.13. The lowest BCUT2D eigenvalue weighted by molar-refractivity contribution is 0.224. The molecule has 0 heterocycles. The van der Waals surface area contributed by atoms with Crippen LogP contribution in [0.5, 0.6) is 0 Å². The third-order valence-corrected chi connectivity index (χ3v) is 4.47. The number of anilines is 1. The molecule has 0 bridgehead atoms. The van der Waals surface area contributed by atoms with Crippen LogP contribution in [0, 0.1) is 0 Å². The first-order valence-corrected chi connectivity index (χ1v) is 7.60. The van der Waals surface area contributed by atoms with Gasteiger partial charge in [-0.3, -0.25) is 0 Å². The van der Waals surface area contributed by atoms with Gasteiger partial charge in [-0.05, 0) is 42.8 Å². The van der Waals surface area contributed by atoms with Crippen LogP contribution in [0.2, 0.25) is 10.0 Å². The van der Waals surface area contributed by atoms with Gasteiger partial charge >= 0.3 is 0 Å². The summed E-state index contributed by atoms with van der Waals surface area (Å²) in [5.74, 6) is 0. The van der Waals surface area contributed by atoms with E-state index in [0.29, 0.717) is 10.0 Å². The monoisotopic (exact) mass is 373 g/mol. The highest BCUT2D eigenvalue weighted by Gasteiger charge is 2.28. The molecule has 0 aliphatic rings. The molecule has 5 heteroatoms. The molecule has 0 aliphatic carbocycles. The first kappa shape index (κ1) is 15.6. The Labute approximate surface area is 136 Å². The number of rotatable bonds is 4. The molecule has 2 aromatic carbocycles. The summed E-state index contributed by atoms with van der Waals surface area (Å²) in [5, 5.41) is 14.0. The average Bonchev–Trinajstić information content (AvgIpc) is 2.44. The van der Waals surface area contributed by atoms with Crippen molar-refractivity contribution in [1.29, 1.82) is 0 Å². The molecular weight excluding hydrogens is 361 g/mol. The van der Waals surface area contributed by atoms with Crippen molar-refractivity contribution in [2.75, 3.05) is 11.9 Å². The van der Waals surface area contributed by atoms with Crippen LogP contribution in [0.1, 0.15) is 12.5 Å². The molecule has 106 valence electrons. The minimum Gasteiger partial charge on any atom is -0.394 e. The summed E-state index contributed by atoms with van der Waals surface area (Å²) in [4.78, 5) is 0. The Morgan fingerprint density at radius 3 is 2.40 bits per heavy atom. The van der Waals surface area contributed by atoms with Gasteiger partial charge in [0.15, 0.2) is 0 Å². The third kappa shape index (κ3) is 3.29. The zero-order valence-electron chi connectivity index (χ0n) is 10.8. The summed E-state index contributed by atoms with van der Waals surface area (Å²) < 4.78 is 0.995. The largest absolute Gasteiger partial charge is 0.394 e. The van der Waals surface area contributed by atoms with Gasteiger partial charge in [0.25, 0.3) is 0 Å². The molecule has 2 rings (SSSR count). The molecule has 2 N–H and O–H groups in total. The van der Waals surface area contributed by atoms with Crippen molar-refractivity contribution in [2.24, 2.45) is 0 Å². The zero-order chi connectivity index (χ0) is 14.8. The van der Waals surface area contributed by atoms with Crippen molar-refractivity contribution >= 4 is 44.8 Å². The van der Waals surface area contributed by atoms with Gasteiger partial charge in [0.05, 0.1) is 22.2 Å². The van der Waals surface area contributed by atoms with E-state index in [1.807, 2.05) is 43.3 Å². The van der Waals surface area contributed by atoms with Crippen molar-refractivity contribution in [1.82, 2.24) is 0 Å². The van der Waals surface area contributed by atoms with Gasteiger partial charge in [-0.25, -0.2) is 0 Å². The van der Waals surface area contributed by atoms with Gasteiger partial charge in [0.1, 0.15) is 0 Å². The fraction of sp³-hybridized carbons (Fsp3) is 0.200. The Hall–Kier alpha value is -0.740. The lowest BCUT2D eigenvalue weighted by Crippen LogP contribution is -2.36. The van der Waals surface area contributed by atoms with E-state index >= 15 is 0 Å². The summed E-state index contributed by atoms with van der Waals surface area (Å²) in [5.41, 5.74) is 0.938. The summed E-state index contributed by atoms with van der Waals surface area (Å²) in [7, 11) is 0. The molecule has 2 aromatic rings. The summed E-state index contributed by atoms with van der Waals surface area (Å²) in [6.45, 7) is 1.77. The van der Waals surface area contributed by atoms with Crippen LogP contribution in [0.15, 0.2) is 46.9 Å². The van der Waals surface area contributed by atoms with Crippen LogP contribution in [0.25, 0.3) is 0 Å². The van der Waals surface area contributed by atoms with Crippen molar-refractivity contribution in [2.45, 2.75) is 12.5 Å². The Balaban J connectivity index is 2.38. The number of nitrogens with one attached hydrogen (secondary N) is 1. The van der Waals surface area contributed by atoms with Crippen LogP contribution >= 0.6 is 39.1 Å². The van der Waals surface area contributed by atoms with Gasteiger partial charge in [-0.15, -0.1) is 0 Å². The molecule has 20 heavy (non-hydrogen) atoms. The molecule has 0 amide bonds. The zero-order valence-corrected chi connectivity index (χ0v) is 13.9. The topological polar surface area (TPSA) is 32.3 Å². The maximum absolute atomic E-state index is 9.80. The molecule has 0 spiro atoms. The molecular formula is C15H14BrCl2NO. The van der Waals surface area contributed by atoms with Gasteiger partial charge in [-0.1, -0.05) is 51.3 Å². The van der Waals surface area contributed by atoms with Crippen molar-refractivity contribution in [3.05, 3.63) is 62.5 Å². The van der Waals surface area contributed by atoms with E-state index in [1.54, 1.807) is 6.07 Å². The predicted octanol–water partition coefficient (Wildman–Crippen LogP) is 5.08. The molecule has 0 radical (unpaired) electrons. The maximum atomic E-state index is 9.80. The second kappa shape index (κ2) is 6.35. The lowest BCUT2D eigenvalue weighted by Gasteiger charge is -2.31. The number of aliphatic hydroxyl groups is 1. The fourth-order valence-corrected chi connectivity index (χ4v) is 2.75. The Morgan fingerprint density at radius 1 is 1.15 bits per heavy atom. The molecule has 0 saturated heterocycles. The van der Waals surface area contributed by atoms with Gasteiger partial charge < -0.3 is 10.4 Å². The first-order chi connectivity index (χ1) is 9.46. The molecule has 1 atom stereocenters. The second-order valence-corrected chi connectivity index (χ2v) is 6.42. The van der Waals surface area contributed by atoms with E-state index in [0.717, 1.165) is 15.7 Å². The number of hydrogen-bond acceptors (Lipinski definition) is 2. The Kier molecular flexibility index (Phi) is 4.97. The van der Waals surface area contributed by atoms with Crippen LogP contribution in [-0.4, -0.2) is 11.7 Å². The first-order valence-electron chi connectivity index (χ1n) is 6.05. The van der Waals surface area contributed by atoms with Crippen LogP contribution in [-0.2, 0) is 5.54 Å². The highest BCUT2D eigenvalue weighted by atomic mass is 79.9. The molecule has 2 nitrogen and oxygen atoms in total. The highest BCUT2D eigenvalue weighted by Crippen LogP contribution is 2.35. The number of benzene rings is 2. The van der Waals surface area contributed by atoms with Crippen molar-refractivity contribution < 1.29 is 5.11 Å². The predicted molar refractivity (Wildman–Crippen MR) is 88.7 cm³/mol. The second-order valence-electron chi connectivity index (χ2n) is 4.72. The number of aliphatic hydroxyl groups excluding tert-OH is 1. The summed E-state index contributed by atoms with van der Waals surface area (Å²) in [6.07, 6.45) is 0. The SMILES string of the molecule is CC(CO)(Nc1ccc(Br)cc1)c1cccc(Cl)c1Cl. The van der Waals surface area contributed by atoms with Crippen molar-refractivity contribution in [3.63, 3.8) is 0 Å². The van der Waals surface area contributed by atoms with Gasteiger partial charge in [0, 0.05) is 10.2 Å². The Bertz CT molecular complexity index is 603. The standard InChI is InChI=1S/C15H14BrCl2NO/c1-15(9-20,12-3-2-4-13(17)14(12)18)19-11-7-5-10(16)6-8-11/h2-8,19-20H,9H2,1H3. The summed E-state index contributed by atoms with van der Waals surface area (Å²) in [6, 6.07) is 13.1. The average molecular weight is 375 g/mol. The minimum absolute atomic E-state index is 0.108. The van der Waals surface area contributed by atoms with Crippen molar-refractivity contribution in [3.8, 4) is 0 Å². The smallest absolute Gasteiger partial charge is 0.0843 e. The molecule has 0 fully saturated rings. The van der Waals surface area contributed by atoms with E-state index in [4.69, 9.17) is 23.2 Å². The normalized spacial score (nSPS) is 13.8. The number of hydrogen-bond donors (Lipinski definition) is 2. The van der Waals surface area contributed by atoms with Crippen LogP contribution in [0.4, 0.5) is 5.69 Å². The quantitative estimate of drug-likeness (QED) is 0.782. The molecule has 0 saturated carbocycles. The molecule has 0 aliphatic heterocycles. The van der Waals surface area contributed by atoms with Gasteiger partial charge in [-0.2, -0.15) is 0 Å². The lowest BCUT2D eigenvalue weighted by atomic mass is 9.92. The van der Waals surface area contributed by atoms with E-state index in [-0.39, 0.29) is 6.61 Å². The minimum atomic E-state index is -0.712. The highest BCUT2D eigenvalue weighted by molar-refractivity contribution is 9.10. The van der Waals surface area contributed by atoms with Gasteiger partial charge in [0.2, 0.25) is 0 Å². The van der Waals surface area contributed by atoms with E-state index < -0.39 is 5.54 Å². The van der Waals surface area contributed by atoms with E-state index in [1.165, 1.54) is 0 Å². The molecule has 1 unspecified atom stereocenters. The number of halogens is 3. The maximum Gasteiger partial charge on any atom is 0.0843 e. The van der Waals surface area contributed by atoms with Crippen LogP contribution < -0.4 is 5.32 Å². The summed E-state index contributed by atoms with van der Waals surface area (Å²) >= 11 is 15.7. The fourth-order valence-electron chi connectivity index (χ4n) is 1.97. The van der Waals surface area contributed by atoms with E-state index in [9.17, 15) is 5.11 Å². The Morgan fingerprint density at radius 2 is 1.80 bits per heavy atom.